The molecule has 0 saturated carbocycles. The molecule has 1 heterocycles. The Kier molecular flexibility index (Phi) is 4.23. The number of hydrogen-bond donors (Lipinski definition) is 0. The van der Waals surface area contributed by atoms with E-state index in [-0.39, 0.29) is 0 Å². The number of aromatic nitrogens is 1. The summed E-state index contributed by atoms with van der Waals surface area (Å²) in [6, 6.07) is 47.4. The maximum Gasteiger partial charge on any atom is 0.0541 e. The van der Waals surface area contributed by atoms with Gasteiger partial charge in [-0.05, 0) is 92.7 Å². The van der Waals surface area contributed by atoms with E-state index in [4.69, 9.17) is 0 Å². The second-order valence-corrected chi connectivity index (χ2v) is 10.9. The molecule has 1 heteroatoms. The Morgan fingerprint density at radius 2 is 1.05 bits per heavy atom. The Morgan fingerprint density at radius 1 is 0.410 bits per heavy atom. The number of rotatable bonds is 2. The normalized spacial score (nSPS) is 12.9. The van der Waals surface area contributed by atoms with Gasteiger partial charge in [0.05, 0.1) is 11.0 Å². The van der Waals surface area contributed by atoms with Gasteiger partial charge in [-0.1, -0.05) is 103 Å². The molecule has 9 rings (SSSR count). The van der Waals surface area contributed by atoms with Gasteiger partial charge in [-0.15, -0.1) is 0 Å². The van der Waals surface area contributed by atoms with Gasteiger partial charge in [0.2, 0.25) is 0 Å². The van der Waals surface area contributed by atoms with Gasteiger partial charge in [-0.2, -0.15) is 0 Å². The van der Waals surface area contributed by atoms with Crippen LogP contribution in [0.15, 0.2) is 127 Å². The predicted octanol–water partition coefficient (Wildman–Crippen LogP) is 9.59. The smallest absolute Gasteiger partial charge is 0.0541 e. The highest BCUT2D eigenvalue weighted by Crippen LogP contribution is 2.46. The number of nitrogens with zero attached hydrogens (tertiary/aromatic N) is 1. The highest BCUT2D eigenvalue weighted by molar-refractivity contribution is 6.09. The van der Waals surface area contributed by atoms with Crippen LogP contribution in [0.1, 0.15) is 22.3 Å². The molecule has 0 atom stereocenters. The second-order valence-electron chi connectivity index (χ2n) is 10.9. The zero-order valence-electron chi connectivity index (χ0n) is 21.5. The topological polar surface area (TPSA) is 4.93 Å². The third-order valence-corrected chi connectivity index (χ3v) is 8.84. The fourth-order valence-corrected chi connectivity index (χ4v) is 7.12. The summed E-state index contributed by atoms with van der Waals surface area (Å²) in [5, 5.41) is 2.60. The molecule has 39 heavy (non-hydrogen) atoms. The second kappa shape index (κ2) is 7.82. The highest BCUT2D eigenvalue weighted by Gasteiger charge is 2.25. The zero-order valence-corrected chi connectivity index (χ0v) is 21.5. The molecular formula is C38H25N. The van der Waals surface area contributed by atoms with Crippen molar-refractivity contribution in [2.45, 2.75) is 12.8 Å². The molecule has 0 spiro atoms. The molecule has 1 nitrogen and oxygen atoms in total. The van der Waals surface area contributed by atoms with Crippen LogP contribution in [0.4, 0.5) is 0 Å². The molecule has 2 aliphatic rings. The average Bonchev–Trinajstić information content (AvgIpc) is 3.65. The van der Waals surface area contributed by atoms with Gasteiger partial charge in [-0.3, -0.25) is 0 Å². The lowest BCUT2D eigenvalue weighted by Gasteiger charge is -2.14. The molecule has 0 fully saturated rings. The summed E-state index contributed by atoms with van der Waals surface area (Å²) in [5.74, 6) is 0. The van der Waals surface area contributed by atoms with E-state index in [1.54, 1.807) is 0 Å². The summed E-state index contributed by atoms with van der Waals surface area (Å²) < 4.78 is 2.43. The maximum atomic E-state index is 2.43. The first-order valence-corrected chi connectivity index (χ1v) is 13.8. The van der Waals surface area contributed by atoms with Gasteiger partial charge in [0.25, 0.3) is 0 Å². The first-order chi connectivity index (χ1) is 19.3. The van der Waals surface area contributed by atoms with E-state index in [0.717, 1.165) is 12.8 Å². The number of hydrogen-bond acceptors (Lipinski definition) is 0. The largest absolute Gasteiger partial charge is 0.309 e. The molecule has 0 N–H and O–H groups in total. The summed E-state index contributed by atoms with van der Waals surface area (Å²) in [5.41, 5.74) is 17.6. The van der Waals surface area contributed by atoms with Gasteiger partial charge in [0, 0.05) is 16.5 Å². The minimum Gasteiger partial charge on any atom is -0.309 e. The molecule has 0 saturated heterocycles. The minimum absolute atomic E-state index is 0.988. The number of fused-ring (bicyclic) bond motifs is 9. The Morgan fingerprint density at radius 3 is 1.90 bits per heavy atom. The number of benzene rings is 6. The third-order valence-electron chi connectivity index (χ3n) is 8.84. The summed E-state index contributed by atoms with van der Waals surface area (Å²) in [6.07, 6.45) is 2.01. The Balaban J connectivity index is 1.23. The van der Waals surface area contributed by atoms with E-state index >= 15 is 0 Å². The first-order valence-electron chi connectivity index (χ1n) is 13.8. The first kappa shape index (κ1) is 21.1. The molecule has 7 aromatic rings. The van der Waals surface area contributed by atoms with Crippen molar-refractivity contribution in [2.75, 3.05) is 0 Å². The lowest BCUT2D eigenvalue weighted by Crippen LogP contribution is -1.95. The van der Waals surface area contributed by atoms with Crippen LogP contribution in [-0.4, -0.2) is 4.57 Å². The lowest BCUT2D eigenvalue weighted by molar-refractivity contribution is 1.17. The summed E-state index contributed by atoms with van der Waals surface area (Å²) >= 11 is 0. The Labute approximate surface area is 227 Å². The molecule has 1 aromatic heterocycles. The van der Waals surface area contributed by atoms with Crippen LogP contribution in [0.25, 0.3) is 60.9 Å². The minimum atomic E-state index is 0.988. The van der Waals surface area contributed by atoms with Crippen molar-refractivity contribution in [1.29, 1.82) is 0 Å². The van der Waals surface area contributed by atoms with Crippen LogP contribution in [0.5, 0.6) is 0 Å². The molecular weight excluding hydrogens is 470 g/mol. The Hall–Kier alpha value is -4.88. The van der Waals surface area contributed by atoms with Gasteiger partial charge >= 0.3 is 0 Å². The SMILES string of the molecule is c1ccc2c(c1)Cc1cc(-c3cccc4c3-c3cc(-n5c6ccccc6c6ccccc65)ccc3C4)ccc1-2. The third kappa shape index (κ3) is 2.96. The zero-order chi connectivity index (χ0) is 25.5. The van der Waals surface area contributed by atoms with E-state index in [1.165, 1.54) is 83.1 Å². The molecule has 0 amide bonds. The van der Waals surface area contributed by atoms with Crippen LogP contribution >= 0.6 is 0 Å². The summed E-state index contributed by atoms with van der Waals surface area (Å²) in [7, 11) is 0. The van der Waals surface area contributed by atoms with Crippen molar-refractivity contribution < 1.29 is 0 Å². The number of para-hydroxylation sites is 2. The monoisotopic (exact) mass is 495 g/mol. The molecule has 182 valence electrons. The fraction of sp³-hybridized carbons (Fsp3) is 0.0526. The summed E-state index contributed by atoms with van der Waals surface area (Å²) in [6.45, 7) is 0. The van der Waals surface area contributed by atoms with Crippen LogP contribution in [-0.2, 0) is 12.8 Å². The van der Waals surface area contributed by atoms with Crippen LogP contribution < -0.4 is 0 Å². The van der Waals surface area contributed by atoms with Crippen LogP contribution in [0, 0.1) is 0 Å². The predicted molar refractivity (Wildman–Crippen MR) is 163 cm³/mol. The molecule has 0 aliphatic heterocycles. The van der Waals surface area contributed by atoms with Crippen molar-refractivity contribution in [3.8, 4) is 39.1 Å². The Bertz CT molecular complexity index is 2070. The van der Waals surface area contributed by atoms with Crippen molar-refractivity contribution in [3.05, 3.63) is 150 Å². The van der Waals surface area contributed by atoms with Crippen LogP contribution in [0.2, 0.25) is 0 Å². The van der Waals surface area contributed by atoms with Gasteiger partial charge < -0.3 is 4.57 Å². The summed E-state index contributed by atoms with van der Waals surface area (Å²) in [4.78, 5) is 0. The van der Waals surface area contributed by atoms with E-state index < -0.39 is 0 Å². The van der Waals surface area contributed by atoms with E-state index in [0.29, 0.717) is 0 Å². The van der Waals surface area contributed by atoms with Crippen LogP contribution in [0.3, 0.4) is 0 Å². The lowest BCUT2D eigenvalue weighted by atomic mass is 9.92. The standard InChI is InChI=1S/C38H25N/c1-2-10-30-24(8-1)21-28-22-25(17-19-31(28)30)32-13-7-9-27-20-26-16-18-29(23-35(26)38(27)32)39-36-14-5-3-11-33(36)34-12-4-6-15-37(34)39/h1-19,22-23H,20-21H2. The van der Waals surface area contributed by atoms with Gasteiger partial charge in [-0.25, -0.2) is 0 Å². The molecule has 0 bridgehead atoms. The van der Waals surface area contributed by atoms with Crippen molar-refractivity contribution >= 4 is 21.8 Å². The van der Waals surface area contributed by atoms with E-state index in [9.17, 15) is 0 Å². The molecule has 0 radical (unpaired) electrons. The van der Waals surface area contributed by atoms with Crippen molar-refractivity contribution in [1.82, 2.24) is 4.57 Å². The fourth-order valence-electron chi connectivity index (χ4n) is 7.12. The van der Waals surface area contributed by atoms with E-state index in [1.807, 2.05) is 0 Å². The quantitative estimate of drug-likeness (QED) is 0.225. The average molecular weight is 496 g/mol. The van der Waals surface area contributed by atoms with Gasteiger partial charge in [0.1, 0.15) is 0 Å². The maximum absolute atomic E-state index is 2.43. The highest BCUT2D eigenvalue weighted by atomic mass is 15.0. The van der Waals surface area contributed by atoms with Crippen molar-refractivity contribution in [3.63, 3.8) is 0 Å². The van der Waals surface area contributed by atoms with Crippen molar-refractivity contribution in [2.24, 2.45) is 0 Å². The van der Waals surface area contributed by atoms with E-state index in [2.05, 4.69) is 132 Å². The molecule has 2 aliphatic carbocycles. The molecule has 6 aromatic carbocycles. The van der Waals surface area contributed by atoms with Gasteiger partial charge in [0.15, 0.2) is 0 Å². The molecule has 0 unspecified atom stereocenters.